The molecule has 0 atom stereocenters. The van der Waals surface area contributed by atoms with Crippen molar-refractivity contribution in [3.05, 3.63) is 29.8 Å². The highest BCUT2D eigenvalue weighted by molar-refractivity contribution is 5.96. The van der Waals surface area contributed by atoms with Crippen molar-refractivity contribution in [2.45, 2.75) is 19.8 Å². The Kier molecular flexibility index (Phi) is 3.75. The predicted octanol–water partition coefficient (Wildman–Crippen LogP) is 2.64. The van der Waals surface area contributed by atoms with Crippen molar-refractivity contribution in [1.29, 1.82) is 0 Å². The van der Waals surface area contributed by atoms with Crippen LogP contribution in [0.2, 0.25) is 0 Å². The number of carbonyl (C=O) groups is 1. The standard InChI is InChI=1S/C12H12O2/c1-3-5-12(13)10-6-8-11(9-7-10)14-4-2/h2,6-9H,3,5H2,1H3. The number of benzene rings is 1. The van der Waals surface area contributed by atoms with Crippen molar-refractivity contribution >= 4 is 5.78 Å². The van der Waals surface area contributed by atoms with Crippen molar-refractivity contribution in [3.8, 4) is 18.3 Å². The highest BCUT2D eigenvalue weighted by Gasteiger charge is 2.03. The van der Waals surface area contributed by atoms with Gasteiger partial charge in [-0.1, -0.05) is 13.3 Å². The van der Waals surface area contributed by atoms with Gasteiger partial charge in [0.25, 0.3) is 0 Å². The van der Waals surface area contributed by atoms with E-state index in [9.17, 15) is 4.79 Å². The molecule has 0 aliphatic rings. The third kappa shape index (κ3) is 2.63. The van der Waals surface area contributed by atoms with Crippen LogP contribution in [0.4, 0.5) is 0 Å². The van der Waals surface area contributed by atoms with Crippen LogP contribution in [-0.4, -0.2) is 5.78 Å². The molecule has 0 heterocycles. The van der Waals surface area contributed by atoms with Crippen LogP contribution in [0.15, 0.2) is 24.3 Å². The van der Waals surface area contributed by atoms with Crippen molar-refractivity contribution in [1.82, 2.24) is 0 Å². The number of carbonyl (C=O) groups excluding carboxylic acids is 1. The number of ether oxygens (including phenoxy) is 1. The van der Waals surface area contributed by atoms with E-state index in [-0.39, 0.29) is 5.78 Å². The summed E-state index contributed by atoms with van der Waals surface area (Å²) in [5.74, 6) is 0.736. The van der Waals surface area contributed by atoms with Gasteiger partial charge in [0.15, 0.2) is 5.78 Å². The smallest absolute Gasteiger partial charge is 0.162 e. The summed E-state index contributed by atoms with van der Waals surface area (Å²) in [5.41, 5.74) is 0.705. The minimum absolute atomic E-state index is 0.153. The molecule has 72 valence electrons. The summed E-state index contributed by atoms with van der Waals surface area (Å²) in [6, 6.07) is 6.85. The molecular weight excluding hydrogens is 176 g/mol. The monoisotopic (exact) mass is 188 g/mol. The van der Waals surface area contributed by atoms with Crippen LogP contribution in [0.1, 0.15) is 30.1 Å². The average molecular weight is 188 g/mol. The number of rotatable bonds is 4. The molecule has 14 heavy (non-hydrogen) atoms. The lowest BCUT2D eigenvalue weighted by Crippen LogP contribution is -1.97. The summed E-state index contributed by atoms with van der Waals surface area (Å²) in [4.78, 5) is 11.4. The fraction of sp³-hybridized carbons (Fsp3) is 0.250. The Bertz CT molecular complexity index is 344. The van der Waals surface area contributed by atoms with E-state index in [0.29, 0.717) is 17.7 Å². The van der Waals surface area contributed by atoms with E-state index in [1.165, 1.54) is 0 Å². The fourth-order valence-corrected chi connectivity index (χ4v) is 1.15. The third-order valence-electron chi connectivity index (χ3n) is 1.83. The van der Waals surface area contributed by atoms with Gasteiger partial charge in [0, 0.05) is 12.0 Å². The Balaban J connectivity index is 2.73. The summed E-state index contributed by atoms with van der Waals surface area (Å²) in [5, 5.41) is 0. The first-order valence-electron chi connectivity index (χ1n) is 4.53. The number of hydrogen-bond acceptors (Lipinski definition) is 2. The van der Waals surface area contributed by atoms with Gasteiger partial charge in [0.1, 0.15) is 11.9 Å². The van der Waals surface area contributed by atoms with Crippen LogP contribution >= 0.6 is 0 Å². The lowest BCUT2D eigenvalue weighted by atomic mass is 10.1. The maximum Gasteiger partial charge on any atom is 0.162 e. The highest BCUT2D eigenvalue weighted by Crippen LogP contribution is 2.13. The van der Waals surface area contributed by atoms with Gasteiger partial charge < -0.3 is 4.74 Å². The van der Waals surface area contributed by atoms with E-state index in [2.05, 4.69) is 6.11 Å². The third-order valence-corrected chi connectivity index (χ3v) is 1.83. The Labute approximate surface area is 83.9 Å². The van der Waals surface area contributed by atoms with Gasteiger partial charge in [0.2, 0.25) is 0 Å². The van der Waals surface area contributed by atoms with E-state index >= 15 is 0 Å². The quantitative estimate of drug-likeness (QED) is 0.536. The molecular formula is C12H12O2. The molecule has 0 unspecified atom stereocenters. The van der Waals surface area contributed by atoms with Crippen LogP contribution in [0.25, 0.3) is 0 Å². The van der Waals surface area contributed by atoms with Crippen LogP contribution in [-0.2, 0) is 0 Å². The van der Waals surface area contributed by atoms with Crippen LogP contribution in [0.5, 0.6) is 5.75 Å². The van der Waals surface area contributed by atoms with Gasteiger partial charge in [0.05, 0.1) is 0 Å². The van der Waals surface area contributed by atoms with Gasteiger partial charge in [-0.2, -0.15) is 0 Å². The molecule has 1 aromatic rings. The Morgan fingerprint density at radius 1 is 1.43 bits per heavy atom. The zero-order valence-corrected chi connectivity index (χ0v) is 8.12. The van der Waals surface area contributed by atoms with E-state index in [1.807, 2.05) is 6.92 Å². The SMILES string of the molecule is C#COc1ccc(C(=O)CCC)cc1. The van der Waals surface area contributed by atoms with E-state index in [0.717, 1.165) is 6.42 Å². The molecule has 0 aliphatic carbocycles. The van der Waals surface area contributed by atoms with E-state index < -0.39 is 0 Å². The molecule has 0 aromatic heterocycles. The largest absolute Gasteiger partial charge is 0.408 e. The average Bonchev–Trinajstić information content (AvgIpc) is 2.20. The molecule has 0 bridgehead atoms. The maximum atomic E-state index is 11.4. The first-order chi connectivity index (χ1) is 6.77. The second-order valence-corrected chi connectivity index (χ2v) is 2.92. The summed E-state index contributed by atoms with van der Waals surface area (Å²) < 4.78 is 4.82. The minimum Gasteiger partial charge on any atom is -0.408 e. The van der Waals surface area contributed by atoms with E-state index in [4.69, 9.17) is 11.2 Å². The van der Waals surface area contributed by atoms with Gasteiger partial charge in [-0.25, -0.2) is 0 Å². The molecule has 2 heteroatoms. The zero-order valence-electron chi connectivity index (χ0n) is 8.12. The molecule has 2 nitrogen and oxygen atoms in total. The zero-order chi connectivity index (χ0) is 10.4. The number of terminal acetylenes is 1. The Hall–Kier alpha value is -1.75. The van der Waals surface area contributed by atoms with Crippen molar-refractivity contribution < 1.29 is 9.53 Å². The van der Waals surface area contributed by atoms with Gasteiger partial charge in [-0.15, -0.1) is 0 Å². The molecule has 0 saturated heterocycles. The van der Waals surface area contributed by atoms with Crippen molar-refractivity contribution in [3.63, 3.8) is 0 Å². The second-order valence-electron chi connectivity index (χ2n) is 2.92. The van der Waals surface area contributed by atoms with E-state index in [1.54, 1.807) is 24.3 Å². The number of hydrogen-bond donors (Lipinski definition) is 0. The predicted molar refractivity (Wildman–Crippen MR) is 55.1 cm³/mol. The Morgan fingerprint density at radius 2 is 2.07 bits per heavy atom. The molecule has 0 saturated carbocycles. The van der Waals surface area contributed by atoms with Crippen molar-refractivity contribution in [2.75, 3.05) is 0 Å². The van der Waals surface area contributed by atoms with Crippen LogP contribution in [0, 0.1) is 12.5 Å². The first kappa shape index (κ1) is 10.3. The van der Waals surface area contributed by atoms with Gasteiger partial charge >= 0.3 is 0 Å². The molecule has 1 aromatic carbocycles. The van der Waals surface area contributed by atoms with Gasteiger partial charge in [-0.3, -0.25) is 4.79 Å². The lowest BCUT2D eigenvalue weighted by Gasteiger charge is -2.00. The normalized spacial score (nSPS) is 9.14. The molecule has 0 radical (unpaired) electrons. The number of Topliss-reactive ketones (excluding diaryl/α,β-unsaturated/α-hetero) is 1. The van der Waals surface area contributed by atoms with Crippen molar-refractivity contribution in [2.24, 2.45) is 0 Å². The fourth-order valence-electron chi connectivity index (χ4n) is 1.15. The highest BCUT2D eigenvalue weighted by atomic mass is 16.5. The summed E-state index contributed by atoms with van der Waals surface area (Å²) in [6.07, 6.45) is 8.48. The lowest BCUT2D eigenvalue weighted by molar-refractivity contribution is 0.0982. The minimum atomic E-state index is 0.153. The molecule has 0 aliphatic heterocycles. The maximum absolute atomic E-state index is 11.4. The summed E-state index contributed by atoms with van der Waals surface area (Å²) in [7, 11) is 0. The molecule has 0 spiro atoms. The number of ketones is 1. The second kappa shape index (κ2) is 5.08. The molecule has 1 rings (SSSR count). The topological polar surface area (TPSA) is 26.3 Å². The van der Waals surface area contributed by atoms with Gasteiger partial charge in [-0.05, 0) is 30.7 Å². The molecule has 0 amide bonds. The summed E-state index contributed by atoms with van der Waals surface area (Å²) >= 11 is 0. The van der Waals surface area contributed by atoms with Crippen LogP contribution in [0.3, 0.4) is 0 Å². The molecule has 0 fully saturated rings. The Morgan fingerprint density at radius 3 is 2.57 bits per heavy atom. The van der Waals surface area contributed by atoms with Crippen LogP contribution < -0.4 is 4.74 Å². The first-order valence-corrected chi connectivity index (χ1v) is 4.53. The summed E-state index contributed by atoms with van der Waals surface area (Å²) in [6.45, 7) is 1.98. The molecule has 0 N–H and O–H groups in total.